The predicted octanol–water partition coefficient (Wildman–Crippen LogP) is -9.14. The zero-order valence-electron chi connectivity index (χ0n) is 20.6. The molecule has 0 saturated heterocycles. The van der Waals surface area contributed by atoms with Crippen molar-refractivity contribution in [3.05, 3.63) is 65.2 Å². The van der Waals surface area contributed by atoms with Crippen molar-refractivity contribution in [2.24, 2.45) is 0 Å². The minimum atomic E-state index is -5.25. The van der Waals surface area contributed by atoms with Crippen molar-refractivity contribution in [3.63, 3.8) is 0 Å². The van der Waals surface area contributed by atoms with Crippen LogP contribution in [0, 0.1) is 13.0 Å². The van der Waals surface area contributed by atoms with Gasteiger partial charge in [-0.2, -0.15) is 29.8 Å². The van der Waals surface area contributed by atoms with Gasteiger partial charge in [-0.25, -0.2) is 25.3 Å². The molecule has 0 unspecified atom stereocenters. The van der Waals surface area contributed by atoms with Gasteiger partial charge in [-0.05, 0) is 24.1 Å². The van der Waals surface area contributed by atoms with E-state index in [1.54, 1.807) is 18.2 Å². The minimum Gasteiger partial charge on any atom is -0.726 e. The Morgan fingerprint density at radius 1 is 0.947 bits per heavy atom. The molecule has 194 valence electrons. The van der Waals surface area contributed by atoms with Crippen LogP contribution < -0.4 is 102 Å². The third-order valence-electron chi connectivity index (χ3n) is 3.50. The molecule has 0 bridgehead atoms. The van der Waals surface area contributed by atoms with Crippen LogP contribution in [0.4, 0.5) is 0 Å². The van der Waals surface area contributed by atoms with Crippen LogP contribution >= 0.6 is 0 Å². The van der Waals surface area contributed by atoms with Crippen LogP contribution in [0.3, 0.4) is 0 Å². The van der Waals surface area contributed by atoms with Crippen LogP contribution in [0.1, 0.15) is 16.7 Å². The fourth-order valence-electron chi connectivity index (χ4n) is 2.34. The summed E-state index contributed by atoms with van der Waals surface area (Å²) < 4.78 is 106. The Morgan fingerprint density at radius 2 is 1.47 bits per heavy atom. The van der Waals surface area contributed by atoms with Crippen molar-refractivity contribution in [3.8, 4) is 11.5 Å². The van der Waals surface area contributed by atoms with E-state index in [4.69, 9.17) is 17.5 Å². The first-order valence-electron chi connectivity index (χ1n) is 8.97. The van der Waals surface area contributed by atoms with Crippen molar-refractivity contribution < 1.29 is 145 Å². The third kappa shape index (κ3) is 22.7. The molecular weight excluding hydrogens is 603 g/mol. The van der Waals surface area contributed by atoms with Gasteiger partial charge >= 0.3 is 88.7 Å². The SMILES string of the molecule is Cc1[c-]ccc(/C=C/C(=O)NCCc2ccc(OS(=O)(=O)[O-])c(OS(=O)(=O)[O-])c2)c1.O=S(=O)([O-])O.[Na+].[Na+].[Na+]. The first kappa shape index (κ1) is 42.4. The molecule has 2 aromatic carbocycles. The van der Waals surface area contributed by atoms with Gasteiger partial charge in [-0.1, -0.05) is 19.1 Å². The molecule has 0 aromatic heterocycles. The Hall–Kier alpha value is -0.0600. The van der Waals surface area contributed by atoms with E-state index in [9.17, 15) is 30.7 Å². The summed E-state index contributed by atoms with van der Waals surface area (Å²) >= 11 is 0. The van der Waals surface area contributed by atoms with Crippen LogP contribution in [0.5, 0.6) is 11.5 Å². The van der Waals surface area contributed by atoms with Gasteiger partial charge in [0, 0.05) is 12.6 Å². The van der Waals surface area contributed by atoms with Gasteiger partial charge < -0.3 is 27.3 Å². The van der Waals surface area contributed by atoms with E-state index >= 15 is 0 Å². The summed E-state index contributed by atoms with van der Waals surface area (Å²) in [5.41, 5.74) is 2.13. The molecule has 14 nitrogen and oxygen atoms in total. The fourth-order valence-corrected chi connectivity index (χ4v) is 3.04. The molecule has 0 fully saturated rings. The second kappa shape index (κ2) is 19.1. The molecule has 0 heterocycles. The number of carbonyl (C=O) groups is 1. The molecule has 0 aliphatic carbocycles. The monoisotopic (exact) mass is 620 g/mol. The van der Waals surface area contributed by atoms with Gasteiger partial charge in [0.25, 0.3) is 20.8 Å². The molecule has 2 rings (SSSR count). The number of aryl methyl sites for hydroxylation is 1. The smallest absolute Gasteiger partial charge is 0.726 e. The number of hydrogen-bond donors (Lipinski definition) is 2. The Balaban J connectivity index is -0.00000140. The molecule has 0 aliphatic heterocycles. The summed E-state index contributed by atoms with van der Waals surface area (Å²) in [6.07, 6.45) is 3.14. The second-order valence-electron chi connectivity index (χ2n) is 6.37. The van der Waals surface area contributed by atoms with E-state index in [2.05, 4.69) is 19.7 Å². The maximum Gasteiger partial charge on any atom is 1.00 e. The van der Waals surface area contributed by atoms with Gasteiger partial charge in [-0.3, -0.25) is 9.35 Å². The first-order chi connectivity index (χ1) is 15.9. The van der Waals surface area contributed by atoms with Crippen LogP contribution in [-0.2, 0) is 42.4 Å². The van der Waals surface area contributed by atoms with Crippen LogP contribution in [0.2, 0.25) is 0 Å². The summed E-state index contributed by atoms with van der Waals surface area (Å²) in [4.78, 5) is 11.9. The first-order valence-corrected chi connectivity index (χ1v) is 13.0. The Labute approximate surface area is 286 Å². The summed E-state index contributed by atoms with van der Waals surface area (Å²) in [5.74, 6) is -1.89. The van der Waals surface area contributed by atoms with E-state index in [-0.39, 0.29) is 108 Å². The Morgan fingerprint density at radius 3 is 1.97 bits per heavy atom. The summed E-state index contributed by atoms with van der Waals surface area (Å²) in [6, 6.07) is 11.6. The third-order valence-corrected chi connectivity index (χ3v) is 4.27. The fraction of sp³-hybridized carbons (Fsp3) is 0.167. The van der Waals surface area contributed by atoms with Gasteiger partial charge in [-0.15, -0.1) is 5.56 Å². The summed E-state index contributed by atoms with van der Waals surface area (Å²) in [6.45, 7) is 2.00. The van der Waals surface area contributed by atoms with E-state index in [0.29, 0.717) is 5.56 Å². The van der Waals surface area contributed by atoms with Gasteiger partial charge in [0.05, 0.1) is 0 Å². The largest absolute Gasteiger partial charge is 1.00 e. The zero-order valence-corrected chi connectivity index (χ0v) is 29.1. The zero-order chi connectivity index (χ0) is 26.9. The Kier molecular flexibility index (Phi) is 21.4. The van der Waals surface area contributed by atoms with Crippen molar-refractivity contribution >= 4 is 43.2 Å². The normalized spacial score (nSPS) is 11.0. The van der Waals surface area contributed by atoms with Crippen molar-refractivity contribution in [1.82, 2.24) is 5.32 Å². The van der Waals surface area contributed by atoms with E-state index < -0.39 is 42.7 Å². The molecule has 38 heavy (non-hydrogen) atoms. The van der Waals surface area contributed by atoms with E-state index in [1.165, 1.54) is 12.1 Å². The number of rotatable bonds is 9. The van der Waals surface area contributed by atoms with Crippen molar-refractivity contribution in [2.75, 3.05) is 6.54 Å². The van der Waals surface area contributed by atoms with Crippen molar-refractivity contribution in [2.45, 2.75) is 13.3 Å². The average Bonchev–Trinajstić information content (AvgIpc) is 2.65. The van der Waals surface area contributed by atoms with Crippen LogP contribution in [0.15, 0.2) is 42.5 Å². The van der Waals surface area contributed by atoms with E-state index in [1.807, 2.05) is 13.0 Å². The minimum absolute atomic E-state index is 0. The molecule has 1 amide bonds. The predicted molar refractivity (Wildman–Crippen MR) is 115 cm³/mol. The quantitative estimate of drug-likeness (QED) is 0.0871. The molecule has 0 radical (unpaired) electrons. The van der Waals surface area contributed by atoms with Gasteiger partial charge in [0.2, 0.25) is 16.3 Å². The molecule has 0 saturated carbocycles. The van der Waals surface area contributed by atoms with Gasteiger partial charge in [0.1, 0.15) is 0 Å². The number of nitrogens with one attached hydrogen (secondary N) is 1. The maximum absolute atomic E-state index is 11.9. The van der Waals surface area contributed by atoms with Crippen molar-refractivity contribution in [1.29, 1.82) is 0 Å². The van der Waals surface area contributed by atoms with Gasteiger partial charge in [0.15, 0.2) is 11.5 Å². The molecule has 0 aliphatic rings. The number of amides is 1. The standard InChI is InChI=1S/C18H18NO9S2.3Na.H2O4S/c1-13-3-2-4-14(11-13)6-8-18(20)19-10-9-15-5-7-16(27-29(21,22)23)17(12-15)28-30(24,25)26;;;;1-5(2,3)4/h2,4-8,11-12H,9-10H2,1H3,(H,19,20)(H,21,22,23)(H,24,25,26);;;;(H2,1,2,3,4)/q-1;3*+1;/p-3/b8-6+;;;;. The molecule has 2 aromatic rings. The Bertz CT molecular complexity index is 1390. The molecule has 0 atom stereocenters. The number of carbonyl (C=O) groups excluding carboxylic acids is 1. The van der Waals surface area contributed by atoms with Crippen LogP contribution in [0.25, 0.3) is 6.08 Å². The maximum atomic E-state index is 11.9. The molecular formula is C18H17NNa3O13S3-. The summed E-state index contributed by atoms with van der Waals surface area (Å²) in [7, 11) is -15.4. The number of benzene rings is 2. The second-order valence-corrected chi connectivity index (χ2v) is 9.19. The molecule has 20 heteroatoms. The molecule has 0 spiro atoms. The number of hydrogen-bond acceptors (Lipinski definition) is 12. The molecule has 2 N–H and O–H groups in total. The average molecular weight is 620 g/mol. The van der Waals surface area contributed by atoms with E-state index in [0.717, 1.165) is 23.3 Å². The summed E-state index contributed by atoms with van der Waals surface area (Å²) in [5, 5.41) is 2.61. The topological polar surface area (TPSA) is 239 Å². The van der Waals surface area contributed by atoms with Crippen LogP contribution in [-0.4, -0.2) is 55.9 Å².